The van der Waals surface area contributed by atoms with Gasteiger partial charge in [-0.15, -0.1) is 11.8 Å². The molecule has 6 heteroatoms. The van der Waals surface area contributed by atoms with Gasteiger partial charge in [-0.3, -0.25) is 0 Å². The first-order valence-electron chi connectivity index (χ1n) is 4.39. The molecule has 0 unspecified atom stereocenters. The van der Waals surface area contributed by atoms with E-state index >= 15 is 0 Å². The SMILES string of the molecule is FC(F)(F)CNCCSc1ccccn1. The molecule has 0 saturated heterocycles. The largest absolute Gasteiger partial charge is 0.401 e. The van der Waals surface area contributed by atoms with E-state index < -0.39 is 12.7 Å². The van der Waals surface area contributed by atoms with Crippen LogP contribution in [0.4, 0.5) is 13.2 Å². The Labute approximate surface area is 90.3 Å². The number of halogens is 3. The molecular formula is C9H11F3N2S. The molecular weight excluding hydrogens is 225 g/mol. The van der Waals surface area contributed by atoms with Crippen LogP contribution in [0.15, 0.2) is 29.4 Å². The minimum atomic E-state index is -4.13. The summed E-state index contributed by atoms with van der Waals surface area (Å²) in [5.74, 6) is 0.576. The van der Waals surface area contributed by atoms with E-state index in [1.54, 1.807) is 12.3 Å². The Balaban J connectivity index is 2.08. The molecule has 0 aromatic carbocycles. The lowest BCUT2D eigenvalue weighted by atomic mass is 10.5. The molecule has 0 bridgehead atoms. The Morgan fingerprint density at radius 2 is 2.13 bits per heavy atom. The molecule has 1 N–H and O–H groups in total. The molecule has 0 saturated carbocycles. The number of nitrogens with one attached hydrogen (secondary N) is 1. The highest BCUT2D eigenvalue weighted by Gasteiger charge is 2.25. The monoisotopic (exact) mass is 236 g/mol. The molecule has 1 heterocycles. The standard InChI is InChI=1S/C9H11F3N2S/c10-9(11,12)7-13-5-6-15-8-3-1-2-4-14-8/h1-4,13H,5-7H2. The zero-order valence-corrected chi connectivity index (χ0v) is 8.74. The van der Waals surface area contributed by atoms with Gasteiger partial charge in [0.05, 0.1) is 11.6 Å². The number of nitrogens with zero attached hydrogens (tertiary/aromatic N) is 1. The summed E-state index contributed by atoms with van der Waals surface area (Å²) in [4.78, 5) is 4.04. The lowest BCUT2D eigenvalue weighted by molar-refractivity contribution is -0.124. The lowest BCUT2D eigenvalue weighted by Gasteiger charge is -2.07. The molecule has 0 aliphatic carbocycles. The zero-order valence-electron chi connectivity index (χ0n) is 7.92. The van der Waals surface area contributed by atoms with Crippen molar-refractivity contribution in [1.82, 2.24) is 10.3 Å². The number of rotatable bonds is 5. The van der Waals surface area contributed by atoms with Gasteiger partial charge in [-0.05, 0) is 12.1 Å². The topological polar surface area (TPSA) is 24.9 Å². The minimum absolute atomic E-state index is 0.320. The van der Waals surface area contributed by atoms with Crippen LogP contribution in [0.25, 0.3) is 0 Å². The van der Waals surface area contributed by atoms with Gasteiger partial charge in [0.25, 0.3) is 0 Å². The van der Waals surface area contributed by atoms with Crippen molar-refractivity contribution in [3.63, 3.8) is 0 Å². The molecule has 84 valence electrons. The van der Waals surface area contributed by atoms with Crippen molar-refractivity contribution >= 4 is 11.8 Å². The minimum Gasteiger partial charge on any atom is -0.308 e. The maximum atomic E-state index is 11.7. The Kier molecular flexibility index (Phi) is 4.90. The Hall–Kier alpha value is -0.750. The van der Waals surface area contributed by atoms with Crippen molar-refractivity contribution in [2.75, 3.05) is 18.8 Å². The highest BCUT2D eigenvalue weighted by atomic mass is 32.2. The van der Waals surface area contributed by atoms with E-state index in [0.29, 0.717) is 12.3 Å². The highest BCUT2D eigenvalue weighted by molar-refractivity contribution is 7.99. The lowest BCUT2D eigenvalue weighted by Crippen LogP contribution is -2.30. The number of pyridine rings is 1. The van der Waals surface area contributed by atoms with Crippen LogP contribution in [0.3, 0.4) is 0 Å². The average Bonchev–Trinajstić information content (AvgIpc) is 2.17. The molecule has 1 aromatic heterocycles. The van der Waals surface area contributed by atoms with Gasteiger partial charge in [0.15, 0.2) is 0 Å². The van der Waals surface area contributed by atoms with Crippen LogP contribution in [0.1, 0.15) is 0 Å². The van der Waals surface area contributed by atoms with Crippen LogP contribution in [0.5, 0.6) is 0 Å². The van der Waals surface area contributed by atoms with Crippen molar-refractivity contribution in [3.05, 3.63) is 24.4 Å². The quantitative estimate of drug-likeness (QED) is 0.627. The van der Waals surface area contributed by atoms with Crippen LogP contribution in [0, 0.1) is 0 Å². The molecule has 0 radical (unpaired) electrons. The van der Waals surface area contributed by atoms with Crippen molar-refractivity contribution in [2.24, 2.45) is 0 Å². The van der Waals surface area contributed by atoms with E-state index in [2.05, 4.69) is 10.3 Å². The summed E-state index contributed by atoms with van der Waals surface area (Å²) in [6.07, 6.45) is -2.47. The summed E-state index contributed by atoms with van der Waals surface area (Å²) in [5.41, 5.74) is 0. The number of aromatic nitrogens is 1. The molecule has 1 rings (SSSR count). The van der Waals surface area contributed by atoms with Gasteiger partial charge in [-0.1, -0.05) is 6.07 Å². The molecule has 0 fully saturated rings. The second-order valence-electron chi connectivity index (χ2n) is 2.81. The van der Waals surface area contributed by atoms with Crippen molar-refractivity contribution < 1.29 is 13.2 Å². The molecule has 1 aromatic rings. The van der Waals surface area contributed by atoms with Gasteiger partial charge >= 0.3 is 6.18 Å². The van der Waals surface area contributed by atoms with Crippen LogP contribution in [0.2, 0.25) is 0 Å². The molecule has 0 atom stereocenters. The van der Waals surface area contributed by atoms with E-state index in [1.807, 2.05) is 12.1 Å². The van der Waals surface area contributed by atoms with Crippen LogP contribution in [-0.4, -0.2) is 30.0 Å². The van der Waals surface area contributed by atoms with Gasteiger partial charge < -0.3 is 5.32 Å². The third-order valence-electron chi connectivity index (χ3n) is 1.49. The fourth-order valence-electron chi connectivity index (χ4n) is 0.890. The summed E-state index contributed by atoms with van der Waals surface area (Å²) >= 11 is 1.43. The predicted octanol–water partition coefficient (Wildman–Crippen LogP) is 2.33. The summed E-state index contributed by atoms with van der Waals surface area (Å²) in [5, 5.41) is 3.15. The van der Waals surface area contributed by atoms with Gasteiger partial charge in [0.1, 0.15) is 0 Å². The number of hydrogen-bond acceptors (Lipinski definition) is 3. The van der Waals surface area contributed by atoms with Crippen molar-refractivity contribution in [3.8, 4) is 0 Å². The van der Waals surface area contributed by atoms with Crippen LogP contribution < -0.4 is 5.32 Å². The third-order valence-corrected chi connectivity index (χ3v) is 2.44. The fourth-order valence-corrected chi connectivity index (χ4v) is 1.66. The second-order valence-corrected chi connectivity index (χ2v) is 3.92. The number of alkyl halides is 3. The van der Waals surface area contributed by atoms with Gasteiger partial charge in [-0.2, -0.15) is 13.2 Å². The number of hydrogen-bond donors (Lipinski definition) is 1. The van der Waals surface area contributed by atoms with E-state index in [9.17, 15) is 13.2 Å². The summed E-state index contributed by atoms with van der Waals surface area (Å²) in [6.45, 7) is -0.615. The maximum absolute atomic E-state index is 11.7. The normalized spacial score (nSPS) is 11.7. The fraction of sp³-hybridized carbons (Fsp3) is 0.444. The summed E-state index contributed by atoms with van der Waals surface area (Å²) in [7, 11) is 0. The third kappa shape index (κ3) is 6.35. The molecule has 0 aliphatic rings. The maximum Gasteiger partial charge on any atom is 0.401 e. The Bertz CT molecular complexity index is 276. The Morgan fingerprint density at radius 1 is 1.33 bits per heavy atom. The summed E-state index contributed by atoms with van der Waals surface area (Å²) < 4.78 is 35.2. The van der Waals surface area contributed by atoms with E-state index in [4.69, 9.17) is 0 Å². The molecule has 0 spiro atoms. The predicted molar refractivity (Wildman–Crippen MR) is 53.9 cm³/mol. The van der Waals surface area contributed by atoms with Crippen molar-refractivity contribution in [2.45, 2.75) is 11.2 Å². The molecule has 0 amide bonds. The zero-order chi connectivity index (χ0) is 11.1. The van der Waals surface area contributed by atoms with Crippen LogP contribution >= 0.6 is 11.8 Å². The average molecular weight is 236 g/mol. The molecule has 0 aliphatic heterocycles. The smallest absolute Gasteiger partial charge is 0.308 e. The Morgan fingerprint density at radius 3 is 2.73 bits per heavy atom. The summed E-state index contributed by atoms with van der Waals surface area (Å²) in [6, 6.07) is 5.47. The van der Waals surface area contributed by atoms with E-state index in [0.717, 1.165) is 5.03 Å². The van der Waals surface area contributed by atoms with Gasteiger partial charge in [0.2, 0.25) is 0 Å². The second kappa shape index (κ2) is 5.97. The van der Waals surface area contributed by atoms with Gasteiger partial charge in [-0.25, -0.2) is 4.98 Å². The van der Waals surface area contributed by atoms with E-state index in [1.165, 1.54) is 11.8 Å². The first kappa shape index (κ1) is 12.3. The first-order valence-corrected chi connectivity index (χ1v) is 5.38. The van der Waals surface area contributed by atoms with E-state index in [-0.39, 0.29) is 0 Å². The van der Waals surface area contributed by atoms with Gasteiger partial charge in [0, 0.05) is 18.5 Å². The molecule has 15 heavy (non-hydrogen) atoms. The first-order chi connectivity index (χ1) is 7.08. The van der Waals surface area contributed by atoms with Crippen molar-refractivity contribution in [1.29, 1.82) is 0 Å². The van der Waals surface area contributed by atoms with Crippen LogP contribution in [-0.2, 0) is 0 Å². The number of thioether (sulfide) groups is 1. The highest BCUT2D eigenvalue weighted by Crippen LogP contribution is 2.14. The molecule has 2 nitrogen and oxygen atoms in total.